The van der Waals surface area contributed by atoms with Crippen LogP contribution < -0.4 is 20.6 Å². The molecule has 1 saturated carbocycles. The number of amides is 2. The first kappa shape index (κ1) is 19.9. The molecule has 0 aliphatic heterocycles. The van der Waals surface area contributed by atoms with E-state index in [0.717, 1.165) is 37.3 Å². The number of aryl methyl sites for hydroxylation is 1. The minimum atomic E-state index is -4.24. The third-order valence-corrected chi connectivity index (χ3v) is 5.50. The molecule has 4 N–H and O–H groups in total. The zero-order valence-corrected chi connectivity index (χ0v) is 16.3. The number of nitrogens with one attached hydrogen (secondary N) is 2. The van der Waals surface area contributed by atoms with Crippen LogP contribution in [0.3, 0.4) is 0 Å². The highest BCUT2D eigenvalue weighted by molar-refractivity contribution is 7.87. The number of benzene rings is 1. The zero-order valence-electron chi connectivity index (χ0n) is 15.5. The Labute approximate surface area is 163 Å². The van der Waals surface area contributed by atoms with Crippen LogP contribution in [0.5, 0.6) is 5.75 Å². The van der Waals surface area contributed by atoms with E-state index in [1.54, 1.807) is 12.1 Å². The highest BCUT2D eigenvalue weighted by Crippen LogP contribution is 2.20. The highest BCUT2D eigenvalue weighted by Gasteiger charge is 2.22. The molecule has 2 amide bonds. The van der Waals surface area contributed by atoms with Crippen LogP contribution in [0.15, 0.2) is 35.4 Å². The van der Waals surface area contributed by atoms with Gasteiger partial charge in [-0.1, -0.05) is 37.0 Å². The van der Waals surface area contributed by atoms with E-state index in [2.05, 4.69) is 20.6 Å². The van der Waals surface area contributed by atoms with E-state index in [1.807, 2.05) is 6.92 Å². The van der Waals surface area contributed by atoms with Gasteiger partial charge in [0.15, 0.2) is 0 Å². The normalized spacial score (nSPS) is 15.0. The summed E-state index contributed by atoms with van der Waals surface area (Å²) in [5.74, 6) is -0.166. The number of carbonyl (C=O) groups excluding carboxylic acids is 1. The standard InChI is InChI=1S/C18H23N5O4S/c1-12-7-9-14(10-8-12)27-28(25,26)16-11-15(19)21-17(22-16)23-18(24)20-13-5-3-2-4-6-13/h7-11,13H,2-6H2,1H3,(H4,19,20,21,22,23,24). The van der Waals surface area contributed by atoms with Gasteiger partial charge in [-0.15, -0.1) is 0 Å². The van der Waals surface area contributed by atoms with Gasteiger partial charge in [0.2, 0.25) is 11.0 Å². The van der Waals surface area contributed by atoms with Gasteiger partial charge in [0.25, 0.3) is 0 Å². The van der Waals surface area contributed by atoms with E-state index in [-0.39, 0.29) is 23.6 Å². The zero-order chi connectivity index (χ0) is 20.1. The van der Waals surface area contributed by atoms with Crippen LogP contribution in [0, 0.1) is 6.92 Å². The van der Waals surface area contributed by atoms with Crippen LogP contribution in [0.1, 0.15) is 37.7 Å². The monoisotopic (exact) mass is 405 g/mol. The second-order valence-corrected chi connectivity index (χ2v) is 8.23. The molecular formula is C18H23N5O4S. The molecule has 0 bridgehead atoms. The van der Waals surface area contributed by atoms with Crippen molar-refractivity contribution in [1.29, 1.82) is 0 Å². The van der Waals surface area contributed by atoms with Gasteiger partial charge in [-0.2, -0.15) is 18.4 Å². The van der Waals surface area contributed by atoms with Crippen molar-refractivity contribution in [3.63, 3.8) is 0 Å². The van der Waals surface area contributed by atoms with Gasteiger partial charge in [0.05, 0.1) is 0 Å². The molecule has 1 fully saturated rings. The van der Waals surface area contributed by atoms with Crippen LogP contribution in [-0.4, -0.2) is 30.5 Å². The lowest BCUT2D eigenvalue weighted by Gasteiger charge is -2.22. The maximum atomic E-state index is 12.5. The van der Waals surface area contributed by atoms with E-state index >= 15 is 0 Å². The summed E-state index contributed by atoms with van der Waals surface area (Å²) in [6.07, 6.45) is 5.13. The predicted molar refractivity (Wildman–Crippen MR) is 104 cm³/mol. The number of urea groups is 1. The molecule has 1 aromatic carbocycles. The maximum absolute atomic E-state index is 12.5. The Balaban J connectivity index is 1.72. The summed E-state index contributed by atoms with van der Waals surface area (Å²) in [5.41, 5.74) is 6.65. The first-order valence-corrected chi connectivity index (χ1v) is 10.5. The lowest BCUT2D eigenvalue weighted by molar-refractivity contribution is 0.244. The minimum absolute atomic E-state index is 0.0860. The highest BCUT2D eigenvalue weighted by atomic mass is 32.2. The van der Waals surface area contributed by atoms with Gasteiger partial charge in [0.1, 0.15) is 11.6 Å². The Morgan fingerprint density at radius 2 is 1.82 bits per heavy atom. The Morgan fingerprint density at radius 1 is 1.14 bits per heavy atom. The van der Waals surface area contributed by atoms with Crippen LogP contribution >= 0.6 is 0 Å². The number of carbonyl (C=O) groups is 1. The summed E-state index contributed by atoms with van der Waals surface area (Å²) in [5, 5.41) is 4.84. The van der Waals surface area contributed by atoms with Crippen molar-refractivity contribution in [2.24, 2.45) is 0 Å². The molecule has 150 valence electrons. The van der Waals surface area contributed by atoms with Gasteiger partial charge >= 0.3 is 16.1 Å². The van der Waals surface area contributed by atoms with Gasteiger partial charge in [-0.05, 0) is 31.9 Å². The SMILES string of the molecule is Cc1ccc(OS(=O)(=O)c2cc(N)nc(NC(=O)NC3CCCCC3)n2)cc1. The molecule has 0 unspecified atom stereocenters. The summed E-state index contributed by atoms with van der Waals surface area (Å²) in [6.45, 7) is 1.87. The Kier molecular flexibility index (Phi) is 5.98. The van der Waals surface area contributed by atoms with E-state index in [4.69, 9.17) is 9.92 Å². The van der Waals surface area contributed by atoms with Crippen molar-refractivity contribution >= 4 is 27.9 Å². The summed E-state index contributed by atoms with van der Waals surface area (Å²) in [6, 6.07) is 7.18. The Morgan fingerprint density at radius 3 is 2.50 bits per heavy atom. The quantitative estimate of drug-likeness (QED) is 0.514. The van der Waals surface area contributed by atoms with Gasteiger partial charge < -0.3 is 15.2 Å². The first-order valence-electron chi connectivity index (χ1n) is 9.05. The molecule has 28 heavy (non-hydrogen) atoms. The minimum Gasteiger partial charge on any atom is -0.383 e. The number of nitrogen functional groups attached to an aromatic ring is 1. The van der Waals surface area contributed by atoms with E-state index < -0.39 is 21.2 Å². The molecule has 3 rings (SSSR count). The average molecular weight is 405 g/mol. The number of hydrogen-bond acceptors (Lipinski definition) is 7. The molecule has 0 spiro atoms. The average Bonchev–Trinajstić information content (AvgIpc) is 2.64. The number of aromatic nitrogens is 2. The maximum Gasteiger partial charge on any atom is 0.357 e. The van der Waals surface area contributed by atoms with Crippen molar-refractivity contribution in [2.75, 3.05) is 11.1 Å². The molecule has 2 aromatic rings. The summed E-state index contributed by atoms with van der Waals surface area (Å²) in [7, 11) is -4.24. The molecule has 0 saturated heterocycles. The fraction of sp³-hybridized carbons (Fsp3) is 0.389. The van der Waals surface area contributed by atoms with Crippen molar-refractivity contribution < 1.29 is 17.4 Å². The summed E-state index contributed by atoms with van der Waals surface area (Å²) in [4.78, 5) is 19.9. The molecule has 10 heteroatoms. The van der Waals surface area contributed by atoms with Crippen molar-refractivity contribution in [1.82, 2.24) is 15.3 Å². The molecular weight excluding hydrogens is 382 g/mol. The van der Waals surface area contributed by atoms with Crippen LogP contribution in [0.25, 0.3) is 0 Å². The fourth-order valence-corrected chi connectivity index (χ4v) is 3.87. The Bertz CT molecular complexity index is 941. The smallest absolute Gasteiger partial charge is 0.357 e. The molecule has 0 radical (unpaired) electrons. The second-order valence-electron chi connectivity index (χ2n) is 6.74. The van der Waals surface area contributed by atoms with Crippen molar-refractivity contribution in [3.8, 4) is 5.75 Å². The molecule has 1 aromatic heterocycles. The van der Waals surface area contributed by atoms with Gasteiger partial charge in [-0.3, -0.25) is 5.32 Å². The molecule has 0 atom stereocenters. The molecule has 9 nitrogen and oxygen atoms in total. The predicted octanol–water partition coefficient (Wildman–Crippen LogP) is 2.59. The fourth-order valence-electron chi connectivity index (χ4n) is 2.96. The molecule has 1 aliphatic carbocycles. The number of nitrogens with zero attached hydrogens (tertiary/aromatic N) is 2. The van der Waals surface area contributed by atoms with Crippen LogP contribution in [0.4, 0.5) is 16.6 Å². The third-order valence-electron chi connectivity index (χ3n) is 4.37. The van der Waals surface area contributed by atoms with E-state index in [9.17, 15) is 13.2 Å². The second kappa shape index (κ2) is 8.42. The summed E-state index contributed by atoms with van der Waals surface area (Å²) >= 11 is 0. The number of anilines is 2. The molecule has 1 aliphatic rings. The van der Waals surface area contributed by atoms with E-state index in [0.29, 0.717) is 0 Å². The summed E-state index contributed by atoms with van der Waals surface area (Å²) < 4.78 is 30.1. The van der Waals surface area contributed by atoms with Crippen LogP contribution in [0.2, 0.25) is 0 Å². The molecule has 1 heterocycles. The van der Waals surface area contributed by atoms with Gasteiger partial charge in [-0.25, -0.2) is 4.79 Å². The topological polar surface area (TPSA) is 136 Å². The van der Waals surface area contributed by atoms with Crippen LogP contribution in [-0.2, 0) is 10.1 Å². The number of rotatable bonds is 5. The largest absolute Gasteiger partial charge is 0.383 e. The lowest BCUT2D eigenvalue weighted by atomic mass is 9.96. The van der Waals surface area contributed by atoms with Gasteiger partial charge in [0, 0.05) is 12.1 Å². The lowest BCUT2D eigenvalue weighted by Crippen LogP contribution is -2.39. The third kappa shape index (κ3) is 5.32. The van der Waals surface area contributed by atoms with Crippen molar-refractivity contribution in [3.05, 3.63) is 35.9 Å². The van der Waals surface area contributed by atoms with E-state index in [1.165, 1.54) is 18.6 Å². The number of nitrogens with two attached hydrogens (primary N) is 1. The number of hydrogen-bond donors (Lipinski definition) is 3. The Hall–Kier alpha value is -2.88. The van der Waals surface area contributed by atoms with Crippen molar-refractivity contribution in [2.45, 2.75) is 50.1 Å². The first-order chi connectivity index (χ1) is 13.3.